The minimum Gasteiger partial charge on any atom is -0.372 e. The molecule has 0 radical (unpaired) electrons. The predicted octanol–water partition coefficient (Wildman–Crippen LogP) is 2.19. The highest BCUT2D eigenvalue weighted by Crippen LogP contribution is 2.10. The number of terminal acetylenes is 1. The highest BCUT2D eigenvalue weighted by Gasteiger charge is 1.97. The molecule has 0 aliphatic heterocycles. The van der Waals surface area contributed by atoms with E-state index in [1.54, 1.807) is 0 Å². The third-order valence-corrected chi connectivity index (χ3v) is 1.87. The number of hydrogen-bond donors (Lipinski definition) is 1. The fourth-order valence-corrected chi connectivity index (χ4v) is 1.10. The number of nitrogens with one attached hydrogen (secondary N) is 1. The highest BCUT2D eigenvalue weighted by molar-refractivity contribution is 5.46. The Bertz CT molecular complexity index is 365. The van der Waals surface area contributed by atoms with Gasteiger partial charge >= 0.3 is 0 Å². The fraction of sp³-hybridized carbons (Fsp3) is 0.250. The molecule has 0 heterocycles. The topological polar surface area (TPSA) is 35.8 Å². The van der Waals surface area contributed by atoms with Crippen LogP contribution in [-0.4, -0.2) is 6.04 Å². The Morgan fingerprint density at radius 2 is 2.07 bits per heavy atom. The summed E-state index contributed by atoms with van der Waals surface area (Å²) < 4.78 is 0. The number of rotatable bonds is 3. The monoisotopic (exact) mass is 184 g/mol. The van der Waals surface area contributed by atoms with Crippen molar-refractivity contribution in [3.63, 3.8) is 0 Å². The van der Waals surface area contributed by atoms with Gasteiger partial charge in [0.1, 0.15) is 0 Å². The molecule has 2 nitrogen and oxygen atoms in total. The second kappa shape index (κ2) is 4.94. The Kier molecular flexibility index (Phi) is 3.58. The molecule has 0 amide bonds. The van der Waals surface area contributed by atoms with Crippen molar-refractivity contribution in [2.24, 2.45) is 0 Å². The van der Waals surface area contributed by atoms with Gasteiger partial charge in [-0.05, 0) is 24.6 Å². The SMILES string of the molecule is C#CC(C)Nc1ccc(CC#N)cc1. The van der Waals surface area contributed by atoms with Crippen LogP contribution in [0, 0.1) is 23.7 Å². The van der Waals surface area contributed by atoms with E-state index in [4.69, 9.17) is 11.7 Å². The molecule has 0 aromatic heterocycles. The third-order valence-electron chi connectivity index (χ3n) is 1.87. The lowest BCUT2D eigenvalue weighted by Gasteiger charge is -2.08. The van der Waals surface area contributed by atoms with Crippen LogP contribution in [0.5, 0.6) is 0 Å². The molecule has 1 rings (SSSR count). The number of hydrogen-bond acceptors (Lipinski definition) is 2. The molecule has 1 N–H and O–H groups in total. The standard InChI is InChI=1S/C12H12N2/c1-3-10(2)14-12-6-4-11(5-7-12)8-9-13/h1,4-7,10,14H,8H2,2H3. The van der Waals surface area contributed by atoms with Gasteiger partial charge in [0.15, 0.2) is 0 Å². The van der Waals surface area contributed by atoms with Gasteiger partial charge in [-0.25, -0.2) is 0 Å². The molecule has 0 aliphatic carbocycles. The van der Waals surface area contributed by atoms with Crippen molar-refractivity contribution in [2.45, 2.75) is 19.4 Å². The molecule has 1 unspecified atom stereocenters. The van der Waals surface area contributed by atoms with Crippen LogP contribution in [0.2, 0.25) is 0 Å². The summed E-state index contributed by atoms with van der Waals surface area (Å²) in [5.74, 6) is 2.59. The van der Waals surface area contributed by atoms with E-state index < -0.39 is 0 Å². The summed E-state index contributed by atoms with van der Waals surface area (Å²) in [4.78, 5) is 0. The molecule has 1 aromatic rings. The first-order valence-electron chi connectivity index (χ1n) is 4.45. The van der Waals surface area contributed by atoms with Gasteiger partial charge in [0.2, 0.25) is 0 Å². The molecule has 0 aliphatic rings. The maximum absolute atomic E-state index is 8.48. The molecule has 0 bridgehead atoms. The van der Waals surface area contributed by atoms with E-state index >= 15 is 0 Å². The normalized spacial score (nSPS) is 11.1. The summed E-state index contributed by atoms with van der Waals surface area (Å²) in [5, 5.41) is 11.6. The van der Waals surface area contributed by atoms with E-state index in [2.05, 4.69) is 17.3 Å². The van der Waals surface area contributed by atoms with Crippen molar-refractivity contribution in [1.29, 1.82) is 5.26 Å². The van der Waals surface area contributed by atoms with Gasteiger partial charge in [-0.15, -0.1) is 6.42 Å². The minimum absolute atomic E-state index is 0.0248. The molecular formula is C12H12N2. The van der Waals surface area contributed by atoms with Crippen LogP contribution in [0.25, 0.3) is 0 Å². The van der Waals surface area contributed by atoms with E-state index in [1.165, 1.54) is 0 Å². The van der Waals surface area contributed by atoms with Crippen LogP contribution in [0.15, 0.2) is 24.3 Å². The molecule has 14 heavy (non-hydrogen) atoms. The molecule has 1 aromatic carbocycles. The summed E-state index contributed by atoms with van der Waals surface area (Å²) in [7, 11) is 0. The quantitative estimate of drug-likeness (QED) is 0.731. The summed E-state index contributed by atoms with van der Waals surface area (Å²) in [6.07, 6.45) is 5.69. The second-order valence-corrected chi connectivity index (χ2v) is 3.06. The van der Waals surface area contributed by atoms with Crippen molar-refractivity contribution >= 4 is 5.69 Å². The number of benzene rings is 1. The van der Waals surface area contributed by atoms with Crippen LogP contribution < -0.4 is 5.32 Å². The maximum atomic E-state index is 8.48. The van der Waals surface area contributed by atoms with Crippen LogP contribution in [0.4, 0.5) is 5.69 Å². The van der Waals surface area contributed by atoms with E-state index in [1.807, 2.05) is 31.2 Å². The summed E-state index contributed by atoms with van der Waals surface area (Å²) in [5.41, 5.74) is 2.00. The molecule has 0 spiro atoms. The van der Waals surface area contributed by atoms with Gasteiger partial charge < -0.3 is 5.32 Å². The van der Waals surface area contributed by atoms with Crippen LogP contribution in [-0.2, 0) is 6.42 Å². The van der Waals surface area contributed by atoms with Gasteiger partial charge in [0, 0.05) is 5.69 Å². The fourth-order valence-electron chi connectivity index (χ4n) is 1.10. The van der Waals surface area contributed by atoms with Crippen LogP contribution in [0.1, 0.15) is 12.5 Å². The van der Waals surface area contributed by atoms with E-state index in [-0.39, 0.29) is 6.04 Å². The van der Waals surface area contributed by atoms with Crippen molar-refractivity contribution in [1.82, 2.24) is 0 Å². The average Bonchev–Trinajstić information content (AvgIpc) is 2.21. The molecule has 2 heteroatoms. The third kappa shape index (κ3) is 2.84. The Labute approximate surface area is 84.6 Å². The first kappa shape index (κ1) is 10.2. The first-order valence-corrected chi connectivity index (χ1v) is 4.45. The largest absolute Gasteiger partial charge is 0.372 e. The zero-order valence-corrected chi connectivity index (χ0v) is 8.12. The van der Waals surface area contributed by atoms with Gasteiger partial charge in [0.05, 0.1) is 18.5 Å². The lowest BCUT2D eigenvalue weighted by molar-refractivity contribution is 1.03. The summed E-state index contributed by atoms with van der Waals surface area (Å²) >= 11 is 0. The number of nitriles is 1. The average molecular weight is 184 g/mol. The smallest absolute Gasteiger partial charge is 0.0845 e. The van der Waals surface area contributed by atoms with E-state index in [9.17, 15) is 0 Å². The lowest BCUT2D eigenvalue weighted by Crippen LogP contribution is -2.11. The van der Waals surface area contributed by atoms with Gasteiger partial charge in [-0.3, -0.25) is 0 Å². The van der Waals surface area contributed by atoms with Gasteiger partial charge in [0.25, 0.3) is 0 Å². The first-order chi connectivity index (χ1) is 6.76. The zero-order valence-electron chi connectivity index (χ0n) is 8.12. The molecule has 0 saturated heterocycles. The Morgan fingerprint density at radius 3 is 2.57 bits per heavy atom. The van der Waals surface area contributed by atoms with Gasteiger partial charge in [-0.2, -0.15) is 5.26 Å². The molecule has 70 valence electrons. The van der Waals surface area contributed by atoms with E-state index in [0.29, 0.717) is 6.42 Å². The molecular weight excluding hydrogens is 172 g/mol. The van der Waals surface area contributed by atoms with Gasteiger partial charge in [-0.1, -0.05) is 18.1 Å². The van der Waals surface area contributed by atoms with Crippen molar-refractivity contribution < 1.29 is 0 Å². The molecule has 0 fully saturated rings. The zero-order chi connectivity index (χ0) is 10.4. The second-order valence-electron chi connectivity index (χ2n) is 3.06. The number of anilines is 1. The Balaban J connectivity index is 2.66. The van der Waals surface area contributed by atoms with E-state index in [0.717, 1.165) is 11.3 Å². The van der Waals surface area contributed by atoms with Crippen molar-refractivity contribution in [3.8, 4) is 18.4 Å². The predicted molar refractivity (Wildman–Crippen MR) is 57.7 cm³/mol. The van der Waals surface area contributed by atoms with Crippen molar-refractivity contribution in [3.05, 3.63) is 29.8 Å². The summed E-state index contributed by atoms with van der Waals surface area (Å²) in [6, 6.07) is 9.84. The highest BCUT2D eigenvalue weighted by atomic mass is 14.9. The van der Waals surface area contributed by atoms with Crippen molar-refractivity contribution in [2.75, 3.05) is 5.32 Å². The van der Waals surface area contributed by atoms with Crippen LogP contribution in [0.3, 0.4) is 0 Å². The molecule has 0 saturated carbocycles. The van der Waals surface area contributed by atoms with Crippen LogP contribution >= 0.6 is 0 Å². The Morgan fingerprint density at radius 1 is 1.43 bits per heavy atom. The maximum Gasteiger partial charge on any atom is 0.0845 e. The minimum atomic E-state index is 0.0248. The Hall–Kier alpha value is -1.93. The number of nitrogens with zero attached hydrogens (tertiary/aromatic N) is 1. The molecule has 1 atom stereocenters. The lowest BCUT2D eigenvalue weighted by atomic mass is 10.1. The summed E-state index contributed by atoms with van der Waals surface area (Å²) in [6.45, 7) is 1.92.